The second kappa shape index (κ2) is 4.84. The molecule has 0 aromatic carbocycles. The number of halogens is 1. The van der Waals surface area contributed by atoms with Crippen molar-refractivity contribution in [3.63, 3.8) is 0 Å². The summed E-state index contributed by atoms with van der Waals surface area (Å²) in [7, 11) is 1.35. The lowest BCUT2D eigenvalue weighted by molar-refractivity contribution is -0.135. The predicted octanol–water partition coefficient (Wildman–Crippen LogP) is -2.87. The largest absolute Gasteiger partial charge is 0.395 e. The Labute approximate surface area is 86.1 Å². The quantitative estimate of drug-likeness (QED) is 0.345. The second-order valence-corrected chi connectivity index (χ2v) is 3.47. The summed E-state index contributed by atoms with van der Waals surface area (Å²) >= 11 is 0. The molecule has 0 spiro atoms. The van der Waals surface area contributed by atoms with Crippen LogP contribution in [-0.4, -0.2) is 65.3 Å². The highest BCUT2D eigenvalue weighted by Crippen LogP contribution is 2.18. The maximum Gasteiger partial charge on any atom is 0.239 e. The minimum Gasteiger partial charge on any atom is -0.395 e. The van der Waals surface area contributed by atoms with Crippen molar-refractivity contribution >= 4 is 5.91 Å². The molecule has 1 rings (SSSR count). The molecule has 0 unspecified atom stereocenters. The minimum absolute atomic E-state index is 0.512. The zero-order chi connectivity index (χ0) is 11.6. The molecular formula is C8H15FN2O4. The van der Waals surface area contributed by atoms with Gasteiger partial charge < -0.3 is 20.6 Å². The van der Waals surface area contributed by atoms with Gasteiger partial charge in [0.25, 0.3) is 0 Å². The predicted molar refractivity (Wildman–Crippen MR) is 48.8 cm³/mol. The number of hydrogen-bond donors (Lipinski definition) is 5. The van der Waals surface area contributed by atoms with Gasteiger partial charge in [-0.05, 0) is 0 Å². The first-order valence-electron chi connectivity index (χ1n) is 4.61. The summed E-state index contributed by atoms with van der Waals surface area (Å²) in [6.07, 6.45) is -5.10. The molecule has 1 saturated heterocycles. The first-order chi connectivity index (χ1) is 7.02. The fraction of sp³-hybridized carbons (Fsp3) is 0.875. The van der Waals surface area contributed by atoms with E-state index in [4.69, 9.17) is 5.11 Å². The SMILES string of the molecule is CNC(=O)[C@H]1N[C@H](CO)[C@@H](O)[C@H](F)[C@@H]1O. The second-order valence-electron chi connectivity index (χ2n) is 3.47. The van der Waals surface area contributed by atoms with Crippen molar-refractivity contribution in [2.24, 2.45) is 0 Å². The number of likely N-dealkylation sites (N-methyl/N-ethyl adjacent to an activating group) is 1. The monoisotopic (exact) mass is 222 g/mol. The average molecular weight is 222 g/mol. The van der Waals surface area contributed by atoms with E-state index in [-0.39, 0.29) is 0 Å². The third-order valence-corrected chi connectivity index (χ3v) is 2.53. The van der Waals surface area contributed by atoms with Crippen LogP contribution in [0.5, 0.6) is 0 Å². The Morgan fingerprint density at radius 3 is 2.53 bits per heavy atom. The number of aliphatic hydroxyl groups is 3. The first kappa shape index (κ1) is 12.3. The lowest BCUT2D eigenvalue weighted by atomic mass is 9.91. The van der Waals surface area contributed by atoms with Crippen molar-refractivity contribution in [3.8, 4) is 0 Å². The Kier molecular flexibility index (Phi) is 3.97. The fourth-order valence-corrected chi connectivity index (χ4v) is 1.58. The molecular weight excluding hydrogens is 207 g/mol. The van der Waals surface area contributed by atoms with Crippen LogP contribution < -0.4 is 10.6 Å². The van der Waals surface area contributed by atoms with Crippen molar-refractivity contribution in [2.75, 3.05) is 13.7 Å². The van der Waals surface area contributed by atoms with Crippen LogP contribution in [0.3, 0.4) is 0 Å². The Hall–Kier alpha value is -0.760. The normalized spacial score (nSPS) is 41.3. The lowest BCUT2D eigenvalue weighted by Gasteiger charge is -2.38. The summed E-state index contributed by atoms with van der Waals surface area (Å²) in [6, 6.07) is -2.11. The smallest absolute Gasteiger partial charge is 0.239 e. The van der Waals surface area contributed by atoms with Gasteiger partial charge in [-0.1, -0.05) is 0 Å². The van der Waals surface area contributed by atoms with E-state index in [9.17, 15) is 19.4 Å². The van der Waals surface area contributed by atoms with Crippen LogP contribution in [0.1, 0.15) is 0 Å². The van der Waals surface area contributed by atoms with E-state index < -0.39 is 43.0 Å². The zero-order valence-corrected chi connectivity index (χ0v) is 8.22. The van der Waals surface area contributed by atoms with Crippen LogP contribution in [0, 0.1) is 0 Å². The number of alkyl halides is 1. The van der Waals surface area contributed by atoms with E-state index in [2.05, 4.69) is 10.6 Å². The number of carbonyl (C=O) groups is 1. The molecule has 0 saturated carbocycles. The molecule has 1 fully saturated rings. The van der Waals surface area contributed by atoms with Crippen LogP contribution in [0.15, 0.2) is 0 Å². The van der Waals surface area contributed by atoms with E-state index in [0.29, 0.717) is 0 Å². The summed E-state index contributed by atoms with van der Waals surface area (Å²) < 4.78 is 13.3. The molecule has 1 aliphatic heterocycles. The summed E-state index contributed by atoms with van der Waals surface area (Å²) in [5.74, 6) is -0.588. The molecule has 6 nitrogen and oxygen atoms in total. The highest BCUT2D eigenvalue weighted by molar-refractivity contribution is 5.82. The van der Waals surface area contributed by atoms with Gasteiger partial charge in [-0.2, -0.15) is 0 Å². The molecule has 7 heteroatoms. The van der Waals surface area contributed by atoms with Gasteiger partial charge in [0, 0.05) is 7.05 Å². The molecule has 1 aliphatic rings. The van der Waals surface area contributed by atoms with Gasteiger partial charge in [0.1, 0.15) is 18.2 Å². The van der Waals surface area contributed by atoms with Crippen LogP contribution in [0.2, 0.25) is 0 Å². The minimum atomic E-state index is -1.95. The number of hydrogen-bond acceptors (Lipinski definition) is 5. The van der Waals surface area contributed by atoms with Crippen LogP contribution in [-0.2, 0) is 4.79 Å². The third-order valence-electron chi connectivity index (χ3n) is 2.53. The first-order valence-corrected chi connectivity index (χ1v) is 4.61. The molecule has 0 aromatic heterocycles. The summed E-state index contributed by atoms with van der Waals surface area (Å²) in [5, 5.41) is 32.2. The highest BCUT2D eigenvalue weighted by Gasteiger charge is 2.45. The van der Waals surface area contributed by atoms with Crippen molar-refractivity contribution in [3.05, 3.63) is 0 Å². The van der Waals surface area contributed by atoms with Gasteiger partial charge in [-0.15, -0.1) is 0 Å². The van der Waals surface area contributed by atoms with Crippen molar-refractivity contribution in [1.82, 2.24) is 10.6 Å². The van der Waals surface area contributed by atoms with Gasteiger partial charge in [-0.3, -0.25) is 10.1 Å². The molecule has 0 aliphatic carbocycles. The molecule has 1 heterocycles. The Bertz CT molecular complexity index is 239. The van der Waals surface area contributed by atoms with Crippen LogP contribution >= 0.6 is 0 Å². The van der Waals surface area contributed by atoms with Crippen molar-refractivity contribution in [1.29, 1.82) is 0 Å². The Balaban J connectivity index is 2.78. The maximum absolute atomic E-state index is 13.3. The standard InChI is InChI=1S/C8H15FN2O4/c1-10-8(15)5-7(14)4(9)6(13)3(2-12)11-5/h3-7,11-14H,2H2,1H3,(H,10,15)/t3-,4+,5+,6-,7+/m1/s1. The summed E-state index contributed by atoms with van der Waals surface area (Å²) in [5.41, 5.74) is 0. The van der Waals surface area contributed by atoms with Crippen LogP contribution in [0.4, 0.5) is 4.39 Å². The maximum atomic E-state index is 13.3. The molecule has 0 bridgehead atoms. The number of rotatable bonds is 2. The number of aliphatic hydroxyl groups excluding tert-OH is 3. The van der Waals surface area contributed by atoms with Gasteiger partial charge in [0.15, 0.2) is 6.17 Å². The number of nitrogens with one attached hydrogen (secondary N) is 2. The third kappa shape index (κ3) is 2.25. The molecule has 5 atom stereocenters. The van der Waals surface area contributed by atoms with Crippen molar-refractivity contribution < 1.29 is 24.5 Å². The zero-order valence-electron chi connectivity index (χ0n) is 8.22. The van der Waals surface area contributed by atoms with Gasteiger partial charge in [0.2, 0.25) is 5.91 Å². The van der Waals surface area contributed by atoms with E-state index >= 15 is 0 Å². The summed E-state index contributed by atoms with van der Waals surface area (Å²) in [6.45, 7) is -0.512. The topological polar surface area (TPSA) is 102 Å². The lowest BCUT2D eigenvalue weighted by Crippen LogP contribution is -2.68. The van der Waals surface area contributed by atoms with E-state index in [1.807, 2.05) is 0 Å². The molecule has 5 N–H and O–H groups in total. The van der Waals surface area contributed by atoms with Gasteiger partial charge in [-0.25, -0.2) is 4.39 Å². The molecule has 1 amide bonds. The van der Waals surface area contributed by atoms with Crippen LogP contribution in [0.25, 0.3) is 0 Å². The summed E-state index contributed by atoms with van der Waals surface area (Å²) in [4.78, 5) is 11.2. The Morgan fingerprint density at radius 1 is 1.47 bits per heavy atom. The molecule has 0 aromatic rings. The number of amides is 1. The number of piperidine rings is 1. The van der Waals surface area contributed by atoms with E-state index in [0.717, 1.165) is 0 Å². The molecule has 88 valence electrons. The van der Waals surface area contributed by atoms with E-state index in [1.165, 1.54) is 7.05 Å². The Morgan fingerprint density at radius 2 is 2.07 bits per heavy atom. The molecule has 0 radical (unpaired) electrons. The van der Waals surface area contributed by atoms with Crippen molar-refractivity contribution in [2.45, 2.75) is 30.5 Å². The van der Waals surface area contributed by atoms with E-state index in [1.54, 1.807) is 0 Å². The highest BCUT2D eigenvalue weighted by atomic mass is 19.1. The van der Waals surface area contributed by atoms with Gasteiger partial charge in [0.05, 0.1) is 12.6 Å². The van der Waals surface area contributed by atoms with Gasteiger partial charge >= 0.3 is 0 Å². The fourth-order valence-electron chi connectivity index (χ4n) is 1.58. The average Bonchev–Trinajstić information content (AvgIpc) is 2.25. The molecule has 15 heavy (non-hydrogen) atoms. The number of carbonyl (C=O) groups excluding carboxylic acids is 1.